The van der Waals surface area contributed by atoms with E-state index >= 15 is 0 Å². The first-order valence-electron chi connectivity index (χ1n) is 8.52. The van der Waals surface area contributed by atoms with Gasteiger partial charge in [0.25, 0.3) is 0 Å². The van der Waals surface area contributed by atoms with Gasteiger partial charge in [-0.25, -0.2) is 0 Å². The SMILES string of the molecule is O=c1cc(CN2Cc3ccccc3C2)occ1OC[C@@H]1CCNC1. The van der Waals surface area contributed by atoms with E-state index < -0.39 is 0 Å². The second-order valence-electron chi connectivity index (χ2n) is 6.66. The highest BCUT2D eigenvalue weighted by Crippen LogP contribution is 2.24. The van der Waals surface area contributed by atoms with Crippen molar-refractivity contribution in [1.29, 1.82) is 0 Å². The Bertz CT molecular complexity index is 740. The fourth-order valence-corrected chi connectivity index (χ4v) is 3.43. The number of fused-ring (bicyclic) bond motifs is 1. The Morgan fingerprint density at radius 1 is 1.25 bits per heavy atom. The predicted octanol–water partition coefficient (Wildman–Crippen LogP) is 2.14. The zero-order valence-corrected chi connectivity index (χ0v) is 13.7. The highest BCUT2D eigenvalue weighted by molar-refractivity contribution is 5.30. The van der Waals surface area contributed by atoms with Crippen LogP contribution in [-0.2, 0) is 19.6 Å². The third kappa shape index (κ3) is 3.37. The highest BCUT2D eigenvalue weighted by atomic mass is 16.5. The first-order valence-corrected chi connectivity index (χ1v) is 8.52. The summed E-state index contributed by atoms with van der Waals surface area (Å²) in [5, 5.41) is 3.29. The Balaban J connectivity index is 1.37. The van der Waals surface area contributed by atoms with E-state index in [2.05, 4.69) is 34.5 Å². The van der Waals surface area contributed by atoms with Gasteiger partial charge in [-0.3, -0.25) is 9.69 Å². The van der Waals surface area contributed by atoms with Crippen molar-refractivity contribution in [3.63, 3.8) is 0 Å². The van der Waals surface area contributed by atoms with Gasteiger partial charge in [0.05, 0.1) is 13.2 Å². The molecule has 0 bridgehead atoms. The Labute approximate surface area is 141 Å². The Morgan fingerprint density at radius 2 is 2.04 bits per heavy atom. The van der Waals surface area contributed by atoms with E-state index in [-0.39, 0.29) is 5.43 Å². The van der Waals surface area contributed by atoms with Gasteiger partial charge < -0.3 is 14.5 Å². The van der Waals surface area contributed by atoms with Gasteiger partial charge in [0.2, 0.25) is 11.2 Å². The van der Waals surface area contributed by atoms with Crippen molar-refractivity contribution < 1.29 is 9.15 Å². The minimum absolute atomic E-state index is 0.0982. The Hall–Kier alpha value is -2.11. The van der Waals surface area contributed by atoms with Crippen LogP contribution >= 0.6 is 0 Å². The van der Waals surface area contributed by atoms with Crippen LogP contribution in [0.2, 0.25) is 0 Å². The number of hydrogen-bond donors (Lipinski definition) is 1. The lowest BCUT2D eigenvalue weighted by atomic mass is 10.1. The zero-order chi connectivity index (χ0) is 16.4. The molecule has 3 heterocycles. The molecule has 0 spiro atoms. The van der Waals surface area contributed by atoms with Crippen molar-refractivity contribution in [2.75, 3.05) is 19.7 Å². The minimum atomic E-state index is -0.0982. The molecule has 24 heavy (non-hydrogen) atoms. The zero-order valence-electron chi connectivity index (χ0n) is 13.7. The van der Waals surface area contributed by atoms with Gasteiger partial charge in [0.1, 0.15) is 12.0 Å². The predicted molar refractivity (Wildman–Crippen MR) is 90.8 cm³/mol. The molecule has 1 fully saturated rings. The maximum absolute atomic E-state index is 12.2. The lowest BCUT2D eigenvalue weighted by molar-refractivity contribution is 0.233. The van der Waals surface area contributed by atoms with Crippen LogP contribution in [0.15, 0.2) is 45.8 Å². The van der Waals surface area contributed by atoms with Crippen LogP contribution in [-0.4, -0.2) is 24.6 Å². The molecule has 2 aromatic rings. The van der Waals surface area contributed by atoms with Crippen LogP contribution < -0.4 is 15.5 Å². The van der Waals surface area contributed by atoms with E-state index in [9.17, 15) is 4.79 Å². The molecule has 1 aromatic heterocycles. The summed E-state index contributed by atoms with van der Waals surface area (Å²) >= 11 is 0. The summed E-state index contributed by atoms with van der Waals surface area (Å²) in [7, 11) is 0. The summed E-state index contributed by atoms with van der Waals surface area (Å²) < 4.78 is 11.3. The molecule has 1 N–H and O–H groups in total. The molecule has 5 heteroatoms. The Kier molecular flexibility index (Phi) is 4.36. The number of ether oxygens (including phenoxy) is 1. The molecule has 1 atom stereocenters. The smallest absolute Gasteiger partial charge is 0.227 e. The second-order valence-corrected chi connectivity index (χ2v) is 6.66. The highest BCUT2D eigenvalue weighted by Gasteiger charge is 2.20. The topological polar surface area (TPSA) is 54.7 Å². The molecule has 126 valence electrons. The summed E-state index contributed by atoms with van der Waals surface area (Å²) in [6, 6.07) is 9.99. The van der Waals surface area contributed by atoms with Gasteiger partial charge in [-0.1, -0.05) is 24.3 Å². The summed E-state index contributed by atoms with van der Waals surface area (Å²) in [4.78, 5) is 14.5. The quantitative estimate of drug-likeness (QED) is 0.912. The fraction of sp³-hybridized carbons (Fsp3) is 0.421. The van der Waals surface area contributed by atoms with Crippen LogP contribution in [0.5, 0.6) is 5.75 Å². The molecule has 2 aliphatic rings. The number of benzene rings is 1. The van der Waals surface area contributed by atoms with Gasteiger partial charge in [-0.15, -0.1) is 0 Å². The van der Waals surface area contributed by atoms with Gasteiger partial charge in [0.15, 0.2) is 0 Å². The van der Waals surface area contributed by atoms with E-state index in [0.29, 0.717) is 30.6 Å². The molecule has 1 saturated heterocycles. The van der Waals surface area contributed by atoms with Crippen molar-refractivity contribution >= 4 is 0 Å². The van der Waals surface area contributed by atoms with E-state index in [4.69, 9.17) is 9.15 Å². The molecule has 0 amide bonds. The van der Waals surface area contributed by atoms with Crippen LogP contribution in [0.25, 0.3) is 0 Å². The van der Waals surface area contributed by atoms with E-state index in [1.165, 1.54) is 17.4 Å². The molecule has 5 nitrogen and oxygen atoms in total. The first-order chi connectivity index (χ1) is 11.8. The summed E-state index contributed by atoms with van der Waals surface area (Å²) in [5.41, 5.74) is 2.61. The average molecular weight is 326 g/mol. The van der Waals surface area contributed by atoms with Gasteiger partial charge in [-0.2, -0.15) is 0 Å². The van der Waals surface area contributed by atoms with E-state index in [1.54, 1.807) is 6.07 Å². The van der Waals surface area contributed by atoms with Crippen LogP contribution in [0.1, 0.15) is 23.3 Å². The third-order valence-corrected chi connectivity index (χ3v) is 4.77. The average Bonchev–Trinajstić information content (AvgIpc) is 3.22. The molecule has 0 radical (unpaired) electrons. The summed E-state index contributed by atoms with van der Waals surface area (Å²) in [6.07, 6.45) is 2.56. The standard InChI is InChI=1S/C19H22N2O3/c22-18-7-17(11-21-9-15-3-1-2-4-16(15)10-21)23-13-19(18)24-12-14-5-6-20-8-14/h1-4,7,13-14,20H,5-6,8-12H2/t14-/m1/s1. The molecule has 0 saturated carbocycles. The van der Waals surface area contributed by atoms with Crippen molar-refractivity contribution in [3.8, 4) is 5.75 Å². The third-order valence-electron chi connectivity index (χ3n) is 4.77. The molecule has 0 unspecified atom stereocenters. The van der Waals surface area contributed by atoms with Crippen molar-refractivity contribution in [3.05, 3.63) is 63.7 Å². The molecule has 2 aliphatic heterocycles. The van der Waals surface area contributed by atoms with Crippen molar-refractivity contribution in [2.45, 2.75) is 26.1 Å². The monoisotopic (exact) mass is 326 g/mol. The Morgan fingerprint density at radius 3 is 2.71 bits per heavy atom. The number of rotatable bonds is 5. The van der Waals surface area contributed by atoms with Gasteiger partial charge in [-0.05, 0) is 24.1 Å². The van der Waals surface area contributed by atoms with E-state index in [0.717, 1.165) is 32.6 Å². The van der Waals surface area contributed by atoms with Gasteiger partial charge >= 0.3 is 0 Å². The van der Waals surface area contributed by atoms with Crippen LogP contribution in [0, 0.1) is 5.92 Å². The molecule has 4 rings (SSSR count). The van der Waals surface area contributed by atoms with Crippen LogP contribution in [0.3, 0.4) is 0 Å². The summed E-state index contributed by atoms with van der Waals surface area (Å²) in [5.74, 6) is 1.48. The van der Waals surface area contributed by atoms with Crippen molar-refractivity contribution in [1.82, 2.24) is 10.2 Å². The molecule has 0 aliphatic carbocycles. The first kappa shape index (κ1) is 15.4. The lowest BCUT2D eigenvalue weighted by Gasteiger charge is -2.14. The minimum Gasteiger partial charge on any atom is -0.486 e. The molecular formula is C19H22N2O3. The van der Waals surface area contributed by atoms with E-state index in [1.807, 2.05) is 0 Å². The molecule has 1 aromatic carbocycles. The number of nitrogens with one attached hydrogen (secondary N) is 1. The fourth-order valence-electron chi connectivity index (χ4n) is 3.43. The largest absolute Gasteiger partial charge is 0.486 e. The normalized spacial score (nSPS) is 20.2. The van der Waals surface area contributed by atoms with Gasteiger partial charge in [0, 0.05) is 31.6 Å². The lowest BCUT2D eigenvalue weighted by Crippen LogP contribution is -2.19. The van der Waals surface area contributed by atoms with Crippen LogP contribution in [0.4, 0.5) is 0 Å². The van der Waals surface area contributed by atoms with Crippen molar-refractivity contribution in [2.24, 2.45) is 5.92 Å². The maximum atomic E-state index is 12.2. The summed E-state index contributed by atoms with van der Waals surface area (Å²) in [6.45, 7) is 4.98. The maximum Gasteiger partial charge on any atom is 0.227 e. The number of hydrogen-bond acceptors (Lipinski definition) is 5. The second kappa shape index (κ2) is 6.79. The number of nitrogens with zero attached hydrogens (tertiary/aromatic N) is 1. The molecular weight excluding hydrogens is 304 g/mol.